The lowest BCUT2D eigenvalue weighted by Gasteiger charge is -2.34. The monoisotopic (exact) mass is 441 g/mol. The molecule has 0 aromatic heterocycles. The number of carbonyl (C=O) groups excluding carboxylic acids is 2. The number of hydrogen-bond donors (Lipinski definition) is 2. The van der Waals surface area contributed by atoms with E-state index in [0.29, 0.717) is 18.0 Å². The lowest BCUT2D eigenvalue weighted by molar-refractivity contribution is -0.139. The van der Waals surface area contributed by atoms with Crippen LogP contribution in [0.15, 0.2) is 29.2 Å². The molecule has 3 rings (SSSR count). The molecule has 0 bridgehead atoms. The van der Waals surface area contributed by atoms with Crippen LogP contribution < -0.4 is 10.6 Å². The quantitative estimate of drug-likeness (QED) is 0.663. The minimum absolute atomic E-state index is 0.0894. The number of benzene rings is 1. The summed E-state index contributed by atoms with van der Waals surface area (Å²) in [6.07, 6.45) is 6.93. The van der Waals surface area contributed by atoms with Crippen molar-refractivity contribution in [1.82, 2.24) is 14.9 Å². The molecule has 1 aromatic carbocycles. The Labute approximate surface area is 177 Å². The Morgan fingerprint density at radius 2 is 1.66 bits per heavy atom. The van der Waals surface area contributed by atoms with Gasteiger partial charge in [-0.1, -0.05) is 30.9 Å². The number of hydrogen-bond acceptors (Lipinski definition) is 4. The van der Waals surface area contributed by atoms with Crippen molar-refractivity contribution < 1.29 is 18.0 Å². The van der Waals surface area contributed by atoms with Crippen molar-refractivity contribution in [3.05, 3.63) is 29.3 Å². The van der Waals surface area contributed by atoms with Crippen LogP contribution in [0.4, 0.5) is 0 Å². The van der Waals surface area contributed by atoms with Gasteiger partial charge in [-0.05, 0) is 56.4 Å². The lowest BCUT2D eigenvalue weighted by Crippen LogP contribution is -2.47. The summed E-state index contributed by atoms with van der Waals surface area (Å²) < 4.78 is 27.6. The van der Waals surface area contributed by atoms with Crippen LogP contribution in [-0.4, -0.2) is 49.7 Å². The molecular weight excluding hydrogens is 414 g/mol. The zero-order valence-electron chi connectivity index (χ0n) is 16.4. The minimum Gasteiger partial charge on any atom is -0.348 e. The zero-order chi connectivity index (χ0) is 20.9. The first-order valence-corrected chi connectivity index (χ1v) is 12.1. The summed E-state index contributed by atoms with van der Waals surface area (Å²) in [5.41, 5.74) is 0. The van der Waals surface area contributed by atoms with Gasteiger partial charge >= 0.3 is 11.8 Å². The highest BCUT2D eigenvalue weighted by Gasteiger charge is 2.33. The highest BCUT2D eigenvalue weighted by Crippen LogP contribution is 2.27. The minimum atomic E-state index is -3.63. The lowest BCUT2D eigenvalue weighted by atomic mass is 10.0. The molecule has 9 heteroatoms. The Kier molecular flexibility index (Phi) is 7.54. The molecule has 2 amide bonds. The number of piperidine rings is 1. The average Bonchev–Trinajstić information content (AvgIpc) is 3.21. The van der Waals surface area contributed by atoms with Crippen molar-refractivity contribution in [2.24, 2.45) is 0 Å². The van der Waals surface area contributed by atoms with E-state index < -0.39 is 21.8 Å². The second kappa shape index (κ2) is 9.91. The Hall–Kier alpha value is -1.64. The van der Waals surface area contributed by atoms with Gasteiger partial charge in [-0.3, -0.25) is 9.59 Å². The van der Waals surface area contributed by atoms with Crippen molar-refractivity contribution in [3.63, 3.8) is 0 Å². The number of carbonyl (C=O) groups is 2. The SMILES string of the molecule is O=C(NCCC1CCCCN1S(=O)(=O)c1ccc(Cl)cc1)C(=O)NC1CCCC1. The largest absolute Gasteiger partial charge is 0.348 e. The molecule has 1 saturated heterocycles. The molecule has 1 heterocycles. The van der Waals surface area contributed by atoms with Crippen LogP contribution in [0.2, 0.25) is 5.02 Å². The zero-order valence-corrected chi connectivity index (χ0v) is 18.0. The normalized spacial score (nSPS) is 21.1. The van der Waals surface area contributed by atoms with Crippen LogP contribution in [-0.2, 0) is 19.6 Å². The topological polar surface area (TPSA) is 95.6 Å². The van der Waals surface area contributed by atoms with Gasteiger partial charge in [-0.2, -0.15) is 4.31 Å². The Morgan fingerprint density at radius 3 is 2.34 bits per heavy atom. The summed E-state index contributed by atoms with van der Waals surface area (Å²) >= 11 is 5.87. The molecular formula is C20H28ClN3O4S. The fraction of sp³-hybridized carbons (Fsp3) is 0.600. The van der Waals surface area contributed by atoms with E-state index in [9.17, 15) is 18.0 Å². The number of sulfonamides is 1. The van der Waals surface area contributed by atoms with Gasteiger partial charge in [0.15, 0.2) is 0 Å². The van der Waals surface area contributed by atoms with Gasteiger partial charge in [0.2, 0.25) is 10.0 Å². The van der Waals surface area contributed by atoms with E-state index in [2.05, 4.69) is 10.6 Å². The summed E-state index contributed by atoms with van der Waals surface area (Å²) in [4.78, 5) is 24.2. The van der Waals surface area contributed by atoms with Gasteiger partial charge in [0.25, 0.3) is 0 Å². The van der Waals surface area contributed by atoms with Gasteiger partial charge < -0.3 is 10.6 Å². The van der Waals surface area contributed by atoms with Crippen molar-refractivity contribution in [2.45, 2.75) is 68.3 Å². The van der Waals surface area contributed by atoms with Crippen molar-refractivity contribution in [1.29, 1.82) is 0 Å². The number of rotatable bonds is 6. The Balaban J connectivity index is 1.55. The molecule has 1 aliphatic heterocycles. The van der Waals surface area contributed by atoms with Crippen molar-refractivity contribution in [2.75, 3.05) is 13.1 Å². The van der Waals surface area contributed by atoms with Gasteiger partial charge in [0.05, 0.1) is 4.90 Å². The smallest absolute Gasteiger partial charge is 0.309 e. The molecule has 7 nitrogen and oxygen atoms in total. The summed E-state index contributed by atoms with van der Waals surface area (Å²) in [6, 6.07) is 6.04. The maximum absolute atomic E-state index is 13.0. The molecule has 1 unspecified atom stereocenters. The van der Waals surface area contributed by atoms with Gasteiger partial charge in [-0.15, -0.1) is 0 Å². The van der Waals surface area contributed by atoms with Gasteiger partial charge in [-0.25, -0.2) is 8.42 Å². The van der Waals surface area contributed by atoms with E-state index in [-0.39, 0.29) is 23.5 Å². The predicted octanol–water partition coefficient (Wildman–Crippen LogP) is 2.45. The number of nitrogens with zero attached hydrogens (tertiary/aromatic N) is 1. The molecule has 2 N–H and O–H groups in total. The van der Waals surface area contributed by atoms with Crippen LogP contribution in [0.25, 0.3) is 0 Å². The third-order valence-corrected chi connectivity index (χ3v) is 7.87. The van der Waals surface area contributed by atoms with Crippen LogP contribution in [0.5, 0.6) is 0 Å². The molecule has 1 aromatic rings. The van der Waals surface area contributed by atoms with Crippen LogP contribution in [0.3, 0.4) is 0 Å². The summed E-state index contributed by atoms with van der Waals surface area (Å²) in [7, 11) is -3.63. The molecule has 2 fully saturated rings. The van der Waals surface area contributed by atoms with Crippen LogP contribution >= 0.6 is 11.6 Å². The van der Waals surface area contributed by atoms with Gasteiger partial charge in [0.1, 0.15) is 0 Å². The fourth-order valence-electron chi connectivity index (χ4n) is 4.07. The summed E-state index contributed by atoms with van der Waals surface area (Å²) in [6.45, 7) is 0.708. The van der Waals surface area contributed by atoms with E-state index in [4.69, 9.17) is 11.6 Å². The average molecular weight is 442 g/mol. The van der Waals surface area contributed by atoms with Crippen molar-refractivity contribution >= 4 is 33.4 Å². The fourth-order valence-corrected chi connectivity index (χ4v) is 5.92. The van der Waals surface area contributed by atoms with E-state index in [1.165, 1.54) is 16.4 Å². The molecule has 29 heavy (non-hydrogen) atoms. The predicted molar refractivity (Wildman–Crippen MR) is 111 cm³/mol. The maximum Gasteiger partial charge on any atom is 0.309 e. The van der Waals surface area contributed by atoms with E-state index in [0.717, 1.165) is 44.9 Å². The first-order chi connectivity index (χ1) is 13.9. The van der Waals surface area contributed by atoms with E-state index >= 15 is 0 Å². The maximum atomic E-state index is 13.0. The van der Waals surface area contributed by atoms with Crippen molar-refractivity contribution in [3.8, 4) is 0 Å². The highest BCUT2D eigenvalue weighted by molar-refractivity contribution is 7.89. The highest BCUT2D eigenvalue weighted by atomic mass is 35.5. The van der Waals surface area contributed by atoms with Crippen LogP contribution in [0, 0.1) is 0 Å². The van der Waals surface area contributed by atoms with E-state index in [1.807, 2.05) is 0 Å². The van der Waals surface area contributed by atoms with Crippen LogP contribution in [0.1, 0.15) is 51.4 Å². The second-order valence-corrected chi connectivity index (χ2v) is 10.0. The van der Waals surface area contributed by atoms with E-state index in [1.54, 1.807) is 12.1 Å². The standard InChI is InChI=1S/C20H28ClN3O4S/c21-15-8-10-18(11-9-15)29(27,28)24-14-4-3-7-17(24)12-13-22-19(25)20(26)23-16-5-1-2-6-16/h8-11,16-17H,1-7,12-14H2,(H,22,25)(H,23,26). The second-order valence-electron chi connectivity index (χ2n) is 7.72. The third kappa shape index (κ3) is 5.71. The number of nitrogens with one attached hydrogen (secondary N) is 2. The number of amides is 2. The first kappa shape index (κ1) is 22.1. The molecule has 2 aliphatic rings. The first-order valence-electron chi connectivity index (χ1n) is 10.2. The summed E-state index contributed by atoms with van der Waals surface area (Å²) in [5.74, 6) is -1.26. The third-order valence-electron chi connectivity index (χ3n) is 5.65. The molecule has 0 radical (unpaired) electrons. The Bertz CT molecular complexity index is 823. The Morgan fingerprint density at radius 1 is 1.00 bits per heavy atom. The number of halogens is 1. The molecule has 1 atom stereocenters. The molecule has 0 spiro atoms. The summed E-state index contributed by atoms with van der Waals surface area (Å²) in [5, 5.41) is 5.88. The molecule has 1 saturated carbocycles. The molecule has 160 valence electrons. The molecule has 1 aliphatic carbocycles. The van der Waals surface area contributed by atoms with Gasteiger partial charge in [0, 0.05) is 30.2 Å².